The van der Waals surface area contributed by atoms with Crippen LogP contribution in [0.1, 0.15) is 84.0 Å². The summed E-state index contributed by atoms with van der Waals surface area (Å²) < 4.78 is 0. The number of nitrogens with two attached hydrogens (primary N) is 1. The first-order chi connectivity index (χ1) is 8.67. The number of unbranched alkanes of at least 4 members (excludes halogenated alkanes) is 6. The van der Waals surface area contributed by atoms with Crippen molar-refractivity contribution < 1.29 is 4.79 Å². The van der Waals surface area contributed by atoms with Crippen molar-refractivity contribution in [3.63, 3.8) is 0 Å². The predicted molar refractivity (Wildman–Crippen MR) is 75.1 cm³/mol. The van der Waals surface area contributed by atoms with E-state index in [2.05, 4.69) is 6.92 Å². The number of primary amides is 1. The van der Waals surface area contributed by atoms with E-state index in [0.717, 1.165) is 12.8 Å². The fourth-order valence-electron chi connectivity index (χ4n) is 3.70. The number of hydrogen-bond donors (Lipinski definition) is 1. The number of carbonyl (C=O) groups is 1. The van der Waals surface area contributed by atoms with Crippen LogP contribution in [0.3, 0.4) is 0 Å². The molecule has 2 heteroatoms. The minimum Gasteiger partial charge on any atom is -0.369 e. The van der Waals surface area contributed by atoms with Crippen molar-refractivity contribution in [1.29, 1.82) is 0 Å². The normalized spacial score (nSPS) is 22.7. The Morgan fingerprint density at radius 1 is 0.944 bits per heavy atom. The van der Waals surface area contributed by atoms with Crippen molar-refractivity contribution in [2.45, 2.75) is 84.0 Å². The van der Waals surface area contributed by atoms with Gasteiger partial charge in [-0.15, -0.1) is 0 Å². The van der Waals surface area contributed by atoms with E-state index in [1.807, 2.05) is 0 Å². The first-order valence-corrected chi connectivity index (χ1v) is 7.97. The molecule has 2 aliphatic rings. The largest absolute Gasteiger partial charge is 0.369 e. The molecule has 0 aromatic heterocycles. The zero-order chi connectivity index (χ0) is 13.1. The number of carbonyl (C=O) groups excluding carboxylic acids is 1. The van der Waals surface area contributed by atoms with E-state index in [9.17, 15) is 4.79 Å². The maximum absolute atomic E-state index is 11.6. The smallest absolute Gasteiger partial charge is 0.224 e. The fraction of sp³-hybridized carbons (Fsp3) is 0.938. The van der Waals surface area contributed by atoms with Gasteiger partial charge in [-0.25, -0.2) is 0 Å². The van der Waals surface area contributed by atoms with E-state index in [4.69, 9.17) is 5.73 Å². The van der Waals surface area contributed by atoms with Crippen LogP contribution in [-0.2, 0) is 4.79 Å². The van der Waals surface area contributed by atoms with Crippen LogP contribution in [0, 0.1) is 10.8 Å². The minimum absolute atomic E-state index is 0.0112. The Balaban J connectivity index is 1.61. The second kappa shape index (κ2) is 5.63. The van der Waals surface area contributed by atoms with Crippen LogP contribution in [0.25, 0.3) is 0 Å². The van der Waals surface area contributed by atoms with E-state index < -0.39 is 0 Å². The summed E-state index contributed by atoms with van der Waals surface area (Å²) >= 11 is 0. The molecule has 2 rings (SSSR count). The summed E-state index contributed by atoms with van der Waals surface area (Å²) in [6, 6.07) is 0. The first-order valence-electron chi connectivity index (χ1n) is 7.97. The third-order valence-corrected chi connectivity index (χ3v) is 5.35. The maximum Gasteiger partial charge on any atom is 0.224 e. The molecule has 0 radical (unpaired) electrons. The molecule has 18 heavy (non-hydrogen) atoms. The molecule has 2 saturated carbocycles. The summed E-state index contributed by atoms with van der Waals surface area (Å²) in [6.07, 6.45) is 15.4. The molecule has 0 bridgehead atoms. The Morgan fingerprint density at radius 3 is 1.94 bits per heavy atom. The Kier molecular flexibility index (Phi) is 4.34. The summed E-state index contributed by atoms with van der Waals surface area (Å²) in [5.74, 6) is -0.0112. The Hall–Kier alpha value is -0.530. The second-order valence-corrected chi connectivity index (χ2v) is 6.60. The molecule has 1 amide bonds. The van der Waals surface area contributed by atoms with E-state index >= 15 is 0 Å². The maximum atomic E-state index is 11.6. The van der Waals surface area contributed by atoms with E-state index in [1.54, 1.807) is 0 Å². The highest BCUT2D eigenvalue weighted by Crippen LogP contribution is 2.72. The minimum atomic E-state index is -0.0603. The van der Waals surface area contributed by atoms with Crippen LogP contribution >= 0.6 is 0 Å². The molecule has 2 aliphatic carbocycles. The third-order valence-electron chi connectivity index (χ3n) is 5.35. The molecule has 0 unspecified atom stereocenters. The van der Waals surface area contributed by atoms with Crippen molar-refractivity contribution in [2.75, 3.05) is 0 Å². The van der Waals surface area contributed by atoms with Gasteiger partial charge in [0.15, 0.2) is 0 Å². The fourth-order valence-corrected chi connectivity index (χ4v) is 3.70. The molecular weight excluding hydrogens is 222 g/mol. The second-order valence-electron chi connectivity index (χ2n) is 6.60. The molecule has 2 N–H and O–H groups in total. The molecule has 0 spiro atoms. The van der Waals surface area contributed by atoms with E-state index in [0.29, 0.717) is 5.41 Å². The predicted octanol–water partition coefficient (Wildman–Crippen LogP) is 4.17. The SMILES string of the molecule is CCCCCCCCCC1(C2(C(N)=O)CC2)CC1. The van der Waals surface area contributed by atoms with Crippen LogP contribution in [0.4, 0.5) is 0 Å². The van der Waals surface area contributed by atoms with Crippen molar-refractivity contribution >= 4 is 5.91 Å². The van der Waals surface area contributed by atoms with Gasteiger partial charge < -0.3 is 5.73 Å². The van der Waals surface area contributed by atoms with Gasteiger partial charge in [0, 0.05) is 0 Å². The van der Waals surface area contributed by atoms with Gasteiger partial charge in [0.25, 0.3) is 0 Å². The van der Waals surface area contributed by atoms with Crippen LogP contribution in [0.2, 0.25) is 0 Å². The number of amides is 1. The first kappa shape index (κ1) is 13.9. The molecule has 0 aliphatic heterocycles. The molecule has 0 heterocycles. The number of hydrogen-bond acceptors (Lipinski definition) is 1. The molecule has 104 valence electrons. The summed E-state index contributed by atoms with van der Waals surface area (Å²) in [4.78, 5) is 11.6. The lowest BCUT2D eigenvalue weighted by atomic mass is 9.80. The Morgan fingerprint density at radius 2 is 1.50 bits per heavy atom. The highest BCUT2D eigenvalue weighted by atomic mass is 16.1. The Labute approximate surface area is 112 Å². The van der Waals surface area contributed by atoms with Gasteiger partial charge in [-0.3, -0.25) is 4.79 Å². The highest BCUT2D eigenvalue weighted by Gasteiger charge is 2.67. The zero-order valence-electron chi connectivity index (χ0n) is 12.0. The molecular formula is C16H29NO. The van der Waals surface area contributed by atoms with Gasteiger partial charge in [-0.05, 0) is 37.5 Å². The van der Waals surface area contributed by atoms with Gasteiger partial charge in [-0.2, -0.15) is 0 Å². The lowest BCUT2D eigenvalue weighted by Crippen LogP contribution is -2.33. The van der Waals surface area contributed by atoms with Crippen molar-refractivity contribution in [1.82, 2.24) is 0 Å². The van der Waals surface area contributed by atoms with Gasteiger partial charge in [0.05, 0.1) is 5.41 Å². The summed E-state index contributed by atoms with van der Waals surface area (Å²) in [5.41, 5.74) is 5.89. The molecule has 0 aromatic carbocycles. The van der Waals surface area contributed by atoms with Crippen molar-refractivity contribution in [3.05, 3.63) is 0 Å². The van der Waals surface area contributed by atoms with Crippen LogP contribution in [-0.4, -0.2) is 5.91 Å². The standard InChI is InChI=1S/C16H29NO/c1-2-3-4-5-6-7-8-9-15(10-11-15)16(12-13-16)14(17)18/h2-13H2,1H3,(H2,17,18). The summed E-state index contributed by atoms with van der Waals surface area (Å²) in [7, 11) is 0. The highest BCUT2D eigenvalue weighted by molar-refractivity contribution is 5.85. The summed E-state index contributed by atoms with van der Waals surface area (Å²) in [6.45, 7) is 2.26. The lowest BCUT2D eigenvalue weighted by molar-refractivity contribution is -0.125. The molecule has 2 nitrogen and oxygen atoms in total. The summed E-state index contributed by atoms with van der Waals surface area (Å²) in [5, 5.41) is 0. The van der Waals surface area contributed by atoms with Crippen LogP contribution in [0.5, 0.6) is 0 Å². The average Bonchev–Trinajstić information content (AvgIpc) is 3.21. The monoisotopic (exact) mass is 251 g/mol. The van der Waals surface area contributed by atoms with Gasteiger partial charge in [-0.1, -0.05) is 51.9 Å². The topological polar surface area (TPSA) is 43.1 Å². The quantitative estimate of drug-likeness (QED) is 0.582. The number of rotatable bonds is 10. The lowest BCUT2D eigenvalue weighted by Gasteiger charge is -2.23. The molecule has 0 aromatic rings. The molecule has 0 saturated heterocycles. The average molecular weight is 251 g/mol. The van der Waals surface area contributed by atoms with Crippen LogP contribution in [0.15, 0.2) is 0 Å². The third kappa shape index (κ3) is 2.73. The van der Waals surface area contributed by atoms with Gasteiger partial charge in [0.2, 0.25) is 5.91 Å². The Bertz CT molecular complexity index is 289. The molecule has 0 atom stereocenters. The van der Waals surface area contributed by atoms with Gasteiger partial charge >= 0.3 is 0 Å². The zero-order valence-corrected chi connectivity index (χ0v) is 12.0. The van der Waals surface area contributed by atoms with E-state index in [-0.39, 0.29) is 11.3 Å². The van der Waals surface area contributed by atoms with Gasteiger partial charge in [0.1, 0.15) is 0 Å². The van der Waals surface area contributed by atoms with Crippen molar-refractivity contribution in [2.24, 2.45) is 16.6 Å². The van der Waals surface area contributed by atoms with E-state index in [1.165, 1.54) is 64.2 Å². The van der Waals surface area contributed by atoms with Crippen molar-refractivity contribution in [3.8, 4) is 0 Å². The molecule has 2 fully saturated rings. The van der Waals surface area contributed by atoms with Crippen LogP contribution < -0.4 is 5.73 Å².